The zero-order valence-electron chi connectivity index (χ0n) is 25.2. The lowest BCUT2D eigenvalue weighted by Crippen LogP contribution is -2.57. The van der Waals surface area contributed by atoms with E-state index in [1.165, 1.54) is 0 Å². The van der Waals surface area contributed by atoms with E-state index in [9.17, 15) is 28.3 Å². The van der Waals surface area contributed by atoms with Crippen molar-refractivity contribution in [1.29, 1.82) is 0 Å². The number of hydrogen-bond donors (Lipinski definition) is 2. The average molecular weight is 637 g/mol. The third-order valence-electron chi connectivity index (χ3n) is 9.58. The van der Waals surface area contributed by atoms with Gasteiger partial charge in [0.15, 0.2) is 17.3 Å². The molecule has 2 aliphatic heterocycles. The van der Waals surface area contributed by atoms with Crippen LogP contribution < -0.4 is 10.1 Å². The number of aromatic nitrogens is 2. The molecule has 1 unspecified atom stereocenters. The molecule has 3 fully saturated rings. The van der Waals surface area contributed by atoms with E-state index in [4.69, 9.17) is 9.47 Å². The van der Waals surface area contributed by atoms with Crippen LogP contribution in [0, 0.1) is 34.8 Å². The number of ether oxygens (including phenoxy) is 2. The highest BCUT2D eigenvalue weighted by Crippen LogP contribution is 2.58. The van der Waals surface area contributed by atoms with Crippen molar-refractivity contribution in [1.82, 2.24) is 20.2 Å². The Bertz CT molecular complexity index is 1530. The molecule has 2 aromatic rings. The van der Waals surface area contributed by atoms with Gasteiger partial charge in [0.2, 0.25) is 11.8 Å². The van der Waals surface area contributed by atoms with Crippen molar-refractivity contribution in [3.05, 3.63) is 29.5 Å². The second-order valence-electron chi connectivity index (χ2n) is 13.8. The van der Waals surface area contributed by atoms with Gasteiger partial charge < -0.3 is 24.8 Å². The number of alkyl carbamates (subject to hydrolysis) is 1. The summed E-state index contributed by atoms with van der Waals surface area (Å²) in [4.78, 5) is 48.4. The number of carboxylic acids is 1. The molecule has 244 valence electrons. The minimum Gasteiger partial charge on any atom is -0.480 e. The molecule has 1 aromatic heterocycles. The number of amides is 2. The Labute approximate surface area is 256 Å². The third-order valence-corrected chi connectivity index (χ3v) is 9.58. The lowest BCUT2D eigenvalue weighted by atomic mass is 9.85. The maximum atomic E-state index is 15.8. The topological polar surface area (TPSA) is 131 Å². The van der Waals surface area contributed by atoms with Gasteiger partial charge in [0.25, 0.3) is 5.92 Å². The maximum absolute atomic E-state index is 15.8. The Morgan fingerprint density at radius 3 is 2.38 bits per heavy atom. The second-order valence-corrected chi connectivity index (χ2v) is 13.8. The van der Waals surface area contributed by atoms with E-state index in [1.807, 2.05) is 0 Å². The van der Waals surface area contributed by atoms with Crippen LogP contribution in [-0.4, -0.2) is 68.8 Å². The van der Waals surface area contributed by atoms with Crippen molar-refractivity contribution in [2.75, 3.05) is 6.54 Å². The normalized spacial score (nSPS) is 31.9. The van der Waals surface area contributed by atoms with E-state index in [0.717, 1.165) is 17.4 Å². The van der Waals surface area contributed by atoms with Crippen LogP contribution in [0.3, 0.4) is 0 Å². The number of carboxylic acid groups (broad SMARTS) is 1. The SMILES string of the molecule is CC(C)(C)[C@@H]1NC(=O)O[C@@H]2CC3C[C@@H]3[C@H]2CCCCC(F)(F)c2nc3cc(F)c(F)cc3nc2O[C@@H]2C[C@@H](C(=O)O)N(C2)C1=O. The molecular formula is C31H36F4N4O6. The maximum Gasteiger partial charge on any atom is 0.408 e. The third kappa shape index (κ3) is 6.11. The van der Waals surface area contributed by atoms with Gasteiger partial charge in [-0.3, -0.25) is 4.79 Å². The Kier molecular flexibility index (Phi) is 7.83. The number of fused-ring (bicyclic) bond motifs is 7. The van der Waals surface area contributed by atoms with Gasteiger partial charge in [0.1, 0.15) is 24.3 Å². The fraction of sp³-hybridized carbons (Fsp3) is 0.645. The highest BCUT2D eigenvalue weighted by molar-refractivity contribution is 5.90. The molecule has 14 heteroatoms. The lowest BCUT2D eigenvalue weighted by Gasteiger charge is -2.35. The summed E-state index contributed by atoms with van der Waals surface area (Å²) in [5.74, 6) is -8.07. The Balaban J connectivity index is 1.39. The molecule has 10 nitrogen and oxygen atoms in total. The average Bonchev–Trinajstić information content (AvgIpc) is 3.43. The summed E-state index contributed by atoms with van der Waals surface area (Å²) < 4.78 is 71.4. The summed E-state index contributed by atoms with van der Waals surface area (Å²) in [7, 11) is 0. The van der Waals surface area contributed by atoms with E-state index in [1.54, 1.807) is 20.8 Å². The minimum atomic E-state index is -3.59. The summed E-state index contributed by atoms with van der Waals surface area (Å²) in [5, 5.41) is 12.7. The molecule has 0 spiro atoms. The summed E-state index contributed by atoms with van der Waals surface area (Å²) >= 11 is 0. The Hall–Kier alpha value is -3.71. The second kappa shape index (κ2) is 11.3. The monoisotopic (exact) mass is 636 g/mol. The van der Waals surface area contributed by atoms with Crippen molar-refractivity contribution in [3.8, 4) is 5.88 Å². The largest absolute Gasteiger partial charge is 0.480 e. The Morgan fingerprint density at radius 2 is 1.71 bits per heavy atom. The fourth-order valence-corrected chi connectivity index (χ4v) is 7.17. The van der Waals surface area contributed by atoms with Gasteiger partial charge in [0.05, 0.1) is 17.6 Å². The number of carbonyl (C=O) groups excluding carboxylic acids is 2. The first-order valence-corrected chi connectivity index (χ1v) is 15.3. The number of rotatable bonds is 1. The van der Waals surface area contributed by atoms with Gasteiger partial charge >= 0.3 is 12.1 Å². The van der Waals surface area contributed by atoms with E-state index in [-0.39, 0.29) is 36.3 Å². The summed E-state index contributed by atoms with van der Waals surface area (Å²) in [6.07, 6.45) is -0.520. The van der Waals surface area contributed by atoms with Crippen LogP contribution in [0.25, 0.3) is 11.0 Å². The highest BCUT2D eigenvalue weighted by atomic mass is 19.3. The van der Waals surface area contributed by atoms with Gasteiger partial charge in [-0.15, -0.1) is 0 Å². The quantitative estimate of drug-likeness (QED) is 0.410. The molecule has 0 radical (unpaired) electrons. The van der Waals surface area contributed by atoms with Crippen molar-refractivity contribution in [2.24, 2.45) is 23.2 Å². The highest BCUT2D eigenvalue weighted by Gasteiger charge is 2.55. The molecule has 6 rings (SSSR count). The van der Waals surface area contributed by atoms with Crippen molar-refractivity contribution in [3.63, 3.8) is 0 Å². The predicted molar refractivity (Wildman–Crippen MR) is 150 cm³/mol. The van der Waals surface area contributed by atoms with E-state index >= 15 is 8.78 Å². The van der Waals surface area contributed by atoms with Crippen LogP contribution in [-0.2, 0) is 20.2 Å². The lowest BCUT2D eigenvalue weighted by molar-refractivity contribution is -0.150. The van der Waals surface area contributed by atoms with Crippen LogP contribution >= 0.6 is 0 Å². The van der Waals surface area contributed by atoms with Crippen molar-refractivity contribution in [2.45, 2.75) is 95.9 Å². The summed E-state index contributed by atoms with van der Waals surface area (Å²) in [5.41, 5.74) is -2.25. The number of nitrogens with zero attached hydrogens (tertiary/aromatic N) is 3. The van der Waals surface area contributed by atoms with Gasteiger partial charge in [-0.05, 0) is 48.9 Å². The zero-order chi connectivity index (χ0) is 32.4. The van der Waals surface area contributed by atoms with Gasteiger partial charge in [-0.1, -0.05) is 27.2 Å². The number of aliphatic carboxylic acids is 1. The molecule has 2 aliphatic carbocycles. The number of benzene rings is 1. The first kappa shape index (κ1) is 31.3. The molecule has 2 bridgehead atoms. The van der Waals surface area contributed by atoms with Crippen LogP contribution in [0.2, 0.25) is 0 Å². The van der Waals surface area contributed by atoms with Crippen LogP contribution in [0.5, 0.6) is 5.88 Å². The number of carbonyl (C=O) groups is 3. The Morgan fingerprint density at radius 1 is 1.02 bits per heavy atom. The van der Waals surface area contributed by atoms with Crippen LogP contribution in [0.4, 0.5) is 22.4 Å². The van der Waals surface area contributed by atoms with Crippen LogP contribution in [0.1, 0.15) is 71.4 Å². The van der Waals surface area contributed by atoms with E-state index < -0.39 is 83.2 Å². The van der Waals surface area contributed by atoms with Gasteiger partial charge in [0, 0.05) is 25.0 Å². The fourth-order valence-electron chi connectivity index (χ4n) is 7.17. The summed E-state index contributed by atoms with van der Waals surface area (Å²) in [6.45, 7) is 4.83. The number of nitrogens with one attached hydrogen (secondary N) is 1. The molecule has 4 aliphatic rings. The molecule has 3 heterocycles. The minimum absolute atomic E-state index is 0.00926. The van der Waals surface area contributed by atoms with Crippen LogP contribution in [0.15, 0.2) is 12.1 Å². The molecule has 1 saturated heterocycles. The summed E-state index contributed by atoms with van der Waals surface area (Å²) in [6, 6.07) is -1.17. The van der Waals surface area contributed by atoms with Crippen molar-refractivity contribution < 1.29 is 46.5 Å². The zero-order valence-corrected chi connectivity index (χ0v) is 25.2. The molecule has 7 atom stereocenters. The first-order valence-electron chi connectivity index (χ1n) is 15.3. The molecule has 45 heavy (non-hydrogen) atoms. The molecule has 2 amide bonds. The van der Waals surface area contributed by atoms with Gasteiger partial charge in [-0.2, -0.15) is 8.78 Å². The number of hydrogen-bond acceptors (Lipinski definition) is 7. The smallest absolute Gasteiger partial charge is 0.408 e. The predicted octanol–water partition coefficient (Wildman–Crippen LogP) is 5.17. The molecule has 1 aromatic carbocycles. The van der Waals surface area contributed by atoms with E-state index in [2.05, 4.69) is 15.3 Å². The number of alkyl halides is 2. The van der Waals surface area contributed by atoms with E-state index in [0.29, 0.717) is 37.2 Å². The van der Waals surface area contributed by atoms with Crippen molar-refractivity contribution >= 4 is 29.0 Å². The molecular weight excluding hydrogens is 600 g/mol. The number of halogens is 4. The molecule has 2 N–H and O–H groups in total. The molecule has 2 saturated carbocycles. The standard InChI is InChI=1S/C31H36F4N4O6/c1-30(2,3)25-27(40)39-13-15(10-22(39)28(41)42)44-26-24(36-20-11-18(32)19(33)12-21(20)37-26)31(34,35)7-5-4-6-16-17-8-14(17)9-23(16)45-29(43)38-25/h11-12,14-17,22-23,25H,4-10,13H2,1-3H3,(H,38,43)(H,41,42)/t14?,15-,16-,17+,22+,23-,25-/m1/s1. The van der Waals surface area contributed by atoms with Gasteiger partial charge in [-0.25, -0.2) is 28.3 Å². The first-order chi connectivity index (χ1) is 21.1.